The number of aliphatic hydroxyl groups is 1. The van der Waals surface area contributed by atoms with E-state index in [9.17, 15) is 18.3 Å². The number of alkyl halides is 2. The van der Waals surface area contributed by atoms with Crippen LogP contribution in [0.2, 0.25) is 0 Å². The minimum Gasteiger partial charge on any atom is -0.496 e. The van der Waals surface area contributed by atoms with Crippen molar-refractivity contribution in [1.29, 1.82) is 0 Å². The third-order valence-corrected chi connectivity index (χ3v) is 6.02. The van der Waals surface area contributed by atoms with Crippen molar-refractivity contribution in [2.24, 2.45) is 0 Å². The first-order valence-corrected chi connectivity index (χ1v) is 10.4. The predicted molar refractivity (Wildman–Crippen MR) is 116 cm³/mol. The zero-order valence-electron chi connectivity index (χ0n) is 17.9. The molecule has 1 aliphatic heterocycles. The van der Waals surface area contributed by atoms with E-state index in [1.165, 1.54) is 19.2 Å². The fraction of sp³-hybridized carbons (Fsp3) is 0.375. The molecule has 8 heteroatoms. The molecule has 2 N–H and O–H groups in total. The number of halogens is 3. The van der Waals surface area contributed by atoms with Crippen molar-refractivity contribution < 1.29 is 27.8 Å². The summed E-state index contributed by atoms with van der Waals surface area (Å²) in [5.41, 5.74) is 0.317. The van der Waals surface area contributed by atoms with Crippen molar-refractivity contribution in [2.75, 3.05) is 25.6 Å². The van der Waals surface area contributed by atoms with Crippen LogP contribution in [0.3, 0.4) is 0 Å². The van der Waals surface area contributed by atoms with Crippen LogP contribution in [0, 0.1) is 5.82 Å². The van der Waals surface area contributed by atoms with Gasteiger partial charge in [0.15, 0.2) is 0 Å². The number of methoxy groups -OCH3 is 1. The van der Waals surface area contributed by atoms with Gasteiger partial charge in [0.25, 0.3) is 6.43 Å². The number of nitrogens with zero attached hydrogens (tertiary/aromatic N) is 1. The Morgan fingerprint density at radius 3 is 2.56 bits per heavy atom. The Morgan fingerprint density at radius 2 is 1.88 bits per heavy atom. The maximum Gasteiger partial charge on any atom is 0.266 e. The highest BCUT2D eigenvalue weighted by atomic mass is 19.3. The van der Waals surface area contributed by atoms with Gasteiger partial charge in [-0.15, -0.1) is 0 Å². The van der Waals surface area contributed by atoms with Gasteiger partial charge in [-0.25, -0.2) is 13.2 Å². The number of ether oxygens (including phenoxy) is 2. The number of fused-ring (bicyclic) bond motifs is 1. The van der Waals surface area contributed by atoms with Gasteiger partial charge in [-0.05, 0) is 19.1 Å². The zero-order chi connectivity index (χ0) is 22.9. The number of hydrogen-bond acceptors (Lipinski definition) is 5. The first-order chi connectivity index (χ1) is 15.3. The molecule has 2 aromatic carbocycles. The van der Waals surface area contributed by atoms with E-state index in [0.29, 0.717) is 54.0 Å². The average molecular weight is 446 g/mol. The molecule has 170 valence electrons. The van der Waals surface area contributed by atoms with Crippen LogP contribution in [-0.2, 0) is 10.3 Å². The highest BCUT2D eigenvalue weighted by Gasteiger charge is 2.35. The molecule has 0 bridgehead atoms. The normalized spacial score (nSPS) is 16.8. The van der Waals surface area contributed by atoms with Gasteiger partial charge < -0.3 is 19.9 Å². The van der Waals surface area contributed by atoms with E-state index in [4.69, 9.17) is 9.47 Å². The molecule has 2 heterocycles. The number of nitrogens with one attached hydrogen (secondary N) is 1. The molecule has 1 atom stereocenters. The molecule has 0 spiro atoms. The van der Waals surface area contributed by atoms with Crippen molar-refractivity contribution in [3.05, 3.63) is 65.1 Å². The van der Waals surface area contributed by atoms with Gasteiger partial charge in [0.05, 0.1) is 29.8 Å². The summed E-state index contributed by atoms with van der Waals surface area (Å²) in [7, 11) is 1.54. The lowest BCUT2D eigenvalue weighted by atomic mass is 9.85. The van der Waals surface area contributed by atoms with Gasteiger partial charge in [-0.3, -0.25) is 4.98 Å². The van der Waals surface area contributed by atoms with Crippen molar-refractivity contribution in [3.63, 3.8) is 0 Å². The van der Waals surface area contributed by atoms with E-state index in [-0.39, 0.29) is 5.56 Å². The van der Waals surface area contributed by atoms with E-state index >= 15 is 0 Å². The molecule has 32 heavy (non-hydrogen) atoms. The molecule has 1 aliphatic rings. The third kappa shape index (κ3) is 4.12. The number of anilines is 1. The molecule has 1 saturated heterocycles. The summed E-state index contributed by atoms with van der Waals surface area (Å²) in [5.74, 6) is -0.394. The van der Waals surface area contributed by atoms with Gasteiger partial charge in [-0.1, -0.05) is 18.2 Å². The summed E-state index contributed by atoms with van der Waals surface area (Å²) < 4.78 is 51.8. The van der Waals surface area contributed by atoms with E-state index in [0.717, 1.165) is 6.07 Å². The molecule has 3 aromatic rings. The molecule has 4 rings (SSSR count). The second kappa shape index (κ2) is 8.96. The molecule has 0 saturated carbocycles. The van der Waals surface area contributed by atoms with E-state index in [1.54, 1.807) is 25.3 Å². The highest BCUT2D eigenvalue weighted by Crippen LogP contribution is 2.41. The number of rotatable bonds is 6. The zero-order valence-corrected chi connectivity index (χ0v) is 17.9. The van der Waals surface area contributed by atoms with Gasteiger partial charge >= 0.3 is 0 Å². The number of benzene rings is 2. The summed E-state index contributed by atoms with van der Waals surface area (Å²) in [4.78, 5) is 4.39. The summed E-state index contributed by atoms with van der Waals surface area (Å²) in [5, 5.41) is 15.2. The van der Waals surface area contributed by atoms with Crippen LogP contribution in [0.15, 0.2) is 42.6 Å². The van der Waals surface area contributed by atoms with Crippen LogP contribution in [-0.4, -0.2) is 30.4 Å². The first-order valence-electron chi connectivity index (χ1n) is 10.4. The van der Waals surface area contributed by atoms with Crippen LogP contribution in [0.1, 0.15) is 48.9 Å². The molecule has 0 unspecified atom stereocenters. The molecule has 1 fully saturated rings. The second-order valence-electron chi connectivity index (χ2n) is 7.99. The lowest BCUT2D eigenvalue weighted by molar-refractivity contribution is -0.0688. The van der Waals surface area contributed by atoms with E-state index in [2.05, 4.69) is 10.3 Å². The second-order valence-corrected chi connectivity index (χ2v) is 7.99. The minimum absolute atomic E-state index is 0.143. The van der Waals surface area contributed by atoms with Crippen LogP contribution >= 0.6 is 0 Å². The summed E-state index contributed by atoms with van der Waals surface area (Å²) >= 11 is 0. The van der Waals surface area contributed by atoms with Crippen molar-refractivity contribution in [2.45, 2.75) is 37.8 Å². The number of pyridine rings is 1. The van der Waals surface area contributed by atoms with Crippen LogP contribution < -0.4 is 10.1 Å². The molecular weight excluding hydrogens is 421 g/mol. The molecule has 5 nitrogen and oxygen atoms in total. The lowest BCUT2D eigenvalue weighted by Gasteiger charge is -2.33. The van der Waals surface area contributed by atoms with Gasteiger partial charge in [-0.2, -0.15) is 0 Å². The Kier molecular flexibility index (Phi) is 6.26. The highest BCUT2D eigenvalue weighted by molar-refractivity contribution is 5.93. The monoisotopic (exact) mass is 446 g/mol. The third-order valence-electron chi connectivity index (χ3n) is 6.02. The van der Waals surface area contributed by atoms with Crippen LogP contribution in [0.5, 0.6) is 5.75 Å². The molecule has 0 amide bonds. The topological polar surface area (TPSA) is 63.6 Å². The number of hydrogen-bond donors (Lipinski definition) is 2. The Hall–Kier alpha value is -2.84. The molecule has 0 aliphatic carbocycles. The fourth-order valence-electron chi connectivity index (χ4n) is 4.19. The Balaban J connectivity index is 1.75. The molecule has 0 radical (unpaired) electrons. The minimum atomic E-state index is -2.89. The smallest absolute Gasteiger partial charge is 0.266 e. The Labute approximate surface area is 184 Å². The standard InChI is InChI=1S/C24H25F3N2O3/c1-14(15-4-3-5-16(22(15)25)23(26)27)29-19-6-9-28-20-13-21(31-2)18(12-17(19)20)24(30)7-10-32-11-8-24/h3-6,9,12-14,23,30H,7-8,10-11H2,1-2H3,(H,28,29)/t14-/m1/s1. The Morgan fingerprint density at radius 1 is 1.16 bits per heavy atom. The first kappa shape index (κ1) is 22.4. The maximum atomic E-state index is 14.7. The summed E-state index contributed by atoms with van der Waals surface area (Å²) in [6, 6.07) is 8.73. The van der Waals surface area contributed by atoms with Crippen molar-refractivity contribution >= 4 is 16.6 Å². The fourth-order valence-corrected chi connectivity index (χ4v) is 4.19. The van der Waals surface area contributed by atoms with E-state index < -0.39 is 29.4 Å². The SMILES string of the molecule is COc1cc2nccc(N[C@H](C)c3cccc(C(F)F)c3F)c2cc1C1(O)CCOCC1. The maximum absolute atomic E-state index is 14.7. The molecular formula is C24H25F3N2O3. The number of aromatic nitrogens is 1. The van der Waals surface area contributed by atoms with Gasteiger partial charge in [0, 0.05) is 60.5 Å². The van der Waals surface area contributed by atoms with Crippen molar-refractivity contribution in [1.82, 2.24) is 4.98 Å². The summed E-state index contributed by atoms with van der Waals surface area (Å²) in [6.07, 6.45) is -0.426. The largest absolute Gasteiger partial charge is 0.496 e. The van der Waals surface area contributed by atoms with Gasteiger partial charge in [0.2, 0.25) is 0 Å². The Bertz CT molecular complexity index is 1120. The predicted octanol–water partition coefficient (Wildman–Crippen LogP) is 5.49. The van der Waals surface area contributed by atoms with Crippen LogP contribution in [0.25, 0.3) is 10.9 Å². The van der Waals surface area contributed by atoms with Crippen molar-refractivity contribution in [3.8, 4) is 5.75 Å². The summed E-state index contributed by atoms with van der Waals surface area (Å²) in [6.45, 7) is 2.58. The van der Waals surface area contributed by atoms with Gasteiger partial charge in [0.1, 0.15) is 11.6 Å². The quantitative estimate of drug-likeness (QED) is 0.524. The lowest BCUT2D eigenvalue weighted by Crippen LogP contribution is -2.33. The van der Waals surface area contributed by atoms with Crippen LogP contribution in [0.4, 0.5) is 18.9 Å². The van der Waals surface area contributed by atoms with E-state index in [1.807, 2.05) is 6.07 Å². The average Bonchev–Trinajstić information content (AvgIpc) is 2.78. The molecule has 1 aromatic heterocycles.